The zero-order valence-electron chi connectivity index (χ0n) is 9.75. The van der Waals surface area contributed by atoms with Gasteiger partial charge in [-0.1, -0.05) is 0 Å². The summed E-state index contributed by atoms with van der Waals surface area (Å²) in [7, 11) is 0. The molecule has 2 saturated heterocycles. The second kappa shape index (κ2) is 3.11. The van der Waals surface area contributed by atoms with E-state index < -0.39 is 17.2 Å². The molecule has 0 spiro atoms. The van der Waals surface area contributed by atoms with Crippen LogP contribution in [0.4, 0.5) is 0 Å². The van der Waals surface area contributed by atoms with E-state index in [9.17, 15) is 14.4 Å². The molecule has 1 N–H and O–H groups in total. The Labute approximate surface area is 106 Å². The van der Waals surface area contributed by atoms with Crippen LogP contribution in [0.25, 0.3) is 11.1 Å². The van der Waals surface area contributed by atoms with Gasteiger partial charge in [-0.05, 0) is 12.8 Å². The number of rotatable bonds is 1. The van der Waals surface area contributed by atoms with Crippen LogP contribution in [0.2, 0.25) is 0 Å². The third kappa shape index (κ3) is 1.12. The number of fused-ring (bicyclic) bond motifs is 3. The number of hydrogen-bond donors (Lipinski definition) is 1. The van der Waals surface area contributed by atoms with Crippen molar-refractivity contribution in [3.63, 3.8) is 0 Å². The Balaban J connectivity index is 1.97. The summed E-state index contributed by atoms with van der Waals surface area (Å²) < 4.78 is 6.45. The maximum absolute atomic E-state index is 12.1. The number of nitrogens with zero attached hydrogens (tertiary/aromatic N) is 2. The molecule has 3 aliphatic rings. The molecule has 2 aromatic heterocycles. The third-order valence-electron chi connectivity index (χ3n) is 4.01. The smallest absolute Gasteiger partial charge is 0.408 e. The Kier molecular flexibility index (Phi) is 1.72. The molecule has 1 aliphatic carbocycles. The van der Waals surface area contributed by atoms with E-state index in [1.165, 1.54) is 17.0 Å². The van der Waals surface area contributed by atoms with Crippen molar-refractivity contribution in [2.75, 3.05) is 0 Å². The molecule has 5 rings (SSSR count). The Morgan fingerprint density at radius 3 is 2.89 bits per heavy atom. The van der Waals surface area contributed by atoms with Crippen LogP contribution in [0.15, 0.2) is 27.7 Å². The van der Waals surface area contributed by atoms with E-state index in [0.29, 0.717) is 23.9 Å². The number of piperidine rings is 2. The second-order valence-electron chi connectivity index (χ2n) is 5.00. The average molecular weight is 259 g/mol. The second-order valence-corrected chi connectivity index (χ2v) is 5.00. The molecule has 19 heavy (non-hydrogen) atoms. The van der Waals surface area contributed by atoms with Crippen molar-refractivity contribution >= 4 is 22.9 Å². The zero-order valence-corrected chi connectivity index (χ0v) is 9.75. The van der Waals surface area contributed by atoms with Crippen molar-refractivity contribution in [3.8, 4) is 0 Å². The number of hydrogen-bond acceptors (Lipinski definition) is 5. The van der Waals surface area contributed by atoms with Gasteiger partial charge in [0.25, 0.3) is 5.91 Å². The van der Waals surface area contributed by atoms with Gasteiger partial charge in [-0.3, -0.25) is 24.5 Å². The van der Waals surface area contributed by atoms with Crippen LogP contribution in [-0.4, -0.2) is 21.4 Å². The molecule has 96 valence electrons. The predicted octanol–water partition coefficient (Wildman–Crippen LogP) is -0.249. The van der Waals surface area contributed by atoms with Gasteiger partial charge >= 0.3 is 5.76 Å². The van der Waals surface area contributed by atoms with Crippen molar-refractivity contribution in [2.24, 2.45) is 5.92 Å². The van der Waals surface area contributed by atoms with Crippen molar-refractivity contribution in [1.82, 2.24) is 14.9 Å². The fraction of sp³-hybridized carbons (Fsp3) is 0.333. The summed E-state index contributed by atoms with van der Waals surface area (Å²) in [5.41, 5.74) is -0.123. The summed E-state index contributed by atoms with van der Waals surface area (Å²) in [6.07, 6.45) is 3.70. The van der Waals surface area contributed by atoms with Gasteiger partial charge in [-0.2, -0.15) is 0 Å². The standard InChI is InChI=1S/C12H9N3O4/c16-9-6-3-12(4-6,10(17)14-9)15-7-5-13-2-1-8(7)19-11(15)18/h1-2,5-6H,3-4H2,(H,14,16,17). The first-order chi connectivity index (χ1) is 9.12. The lowest BCUT2D eigenvalue weighted by Gasteiger charge is -2.49. The maximum Gasteiger partial charge on any atom is 0.420 e. The number of oxazole rings is 1. The van der Waals surface area contributed by atoms with E-state index in [0.717, 1.165) is 0 Å². The van der Waals surface area contributed by atoms with Gasteiger partial charge in [0.2, 0.25) is 5.91 Å². The van der Waals surface area contributed by atoms with E-state index in [1.807, 2.05) is 0 Å². The highest BCUT2D eigenvalue weighted by molar-refractivity contribution is 6.06. The van der Waals surface area contributed by atoms with Crippen LogP contribution in [0.5, 0.6) is 0 Å². The Hall–Kier alpha value is -2.44. The molecule has 2 aliphatic heterocycles. The molecule has 0 unspecified atom stereocenters. The van der Waals surface area contributed by atoms with Crippen molar-refractivity contribution in [3.05, 3.63) is 29.0 Å². The molecule has 2 amide bonds. The molecular formula is C12H9N3O4. The van der Waals surface area contributed by atoms with Crippen molar-refractivity contribution in [1.29, 1.82) is 0 Å². The van der Waals surface area contributed by atoms with Crippen molar-refractivity contribution in [2.45, 2.75) is 18.4 Å². The molecule has 0 radical (unpaired) electrons. The quantitative estimate of drug-likeness (QED) is 0.713. The molecule has 4 heterocycles. The molecule has 7 nitrogen and oxygen atoms in total. The van der Waals surface area contributed by atoms with Gasteiger partial charge in [0.15, 0.2) is 5.58 Å². The van der Waals surface area contributed by atoms with Crippen LogP contribution >= 0.6 is 0 Å². The zero-order chi connectivity index (χ0) is 13.2. The van der Waals surface area contributed by atoms with Crippen LogP contribution in [0.3, 0.4) is 0 Å². The van der Waals surface area contributed by atoms with E-state index in [2.05, 4.69) is 10.3 Å². The number of imide groups is 1. The highest BCUT2D eigenvalue weighted by atomic mass is 16.4. The number of carbonyl (C=O) groups excluding carboxylic acids is 2. The lowest BCUT2D eigenvalue weighted by Crippen LogP contribution is -2.68. The van der Waals surface area contributed by atoms with Gasteiger partial charge in [-0.15, -0.1) is 0 Å². The number of carbonyl (C=O) groups is 2. The minimum absolute atomic E-state index is 0.203. The summed E-state index contributed by atoms with van der Waals surface area (Å²) in [6.45, 7) is 0. The van der Waals surface area contributed by atoms with Crippen LogP contribution in [0, 0.1) is 5.92 Å². The molecule has 0 atom stereocenters. The number of aromatic nitrogens is 2. The first-order valence-electron chi connectivity index (χ1n) is 5.93. The number of pyridine rings is 1. The van der Waals surface area contributed by atoms with Gasteiger partial charge in [0.1, 0.15) is 11.1 Å². The Morgan fingerprint density at radius 2 is 2.16 bits per heavy atom. The highest BCUT2D eigenvalue weighted by Gasteiger charge is 2.60. The van der Waals surface area contributed by atoms with Crippen molar-refractivity contribution < 1.29 is 14.0 Å². The number of nitrogens with one attached hydrogen (secondary N) is 1. The fourth-order valence-electron chi connectivity index (χ4n) is 3.01. The van der Waals surface area contributed by atoms with Gasteiger partial charge in [-0.25, -0.2) is 4.79 Å². The maximum atomic E-state index is 12.1. The Morgan fingerprint density at radius 1 is 1.37 bits per heavy atom. The summed E-state index contributed by atoms with van der Waals surface area (Å²) in [4.78, 5) is 39.5. The van der Waals surface area contributed by atoms with E-state index in [1.54, 1.807) is 6.07 Å². The van der Waals surface area contributed by atoms with Gasteiger partial charge in [0.05, 0.1) is 6.20 Å². The van der Waals surface area contributed by atoms with E-state index in [4.69, 9.17) is 4.42 Å². The largest absolute Gasteiger partial charge is 0.420 e. The van der Waals surface area contributed by atoms with Crippen LogP contribution in [-0.2, 0) is 15.1 Å². The summed E-state index contributed by atoms with van der Waals surface area (Å²) in [6, 6.07) is 1.58. The van der Waals surface area contributed by atoms with Crippen LogP contribution in [0.1, 0.15) is 12.8 Å². The third-order valence-corrected chi connectivity index (χ3v) is 4.01. The lowest BCUT2D eigenvalue weighted by atomic mass is 9.64. The molecule has 1 saturated carbocycles. The molecule has 7 heteroatoms. The molecule has 2 bridgehead atoms. The van der Waals surface area contributed by atoms with E-state index >= 15 is 0 Å². The summed E-state index contributed by atoms with van der Waals surface area (Å²) >= 11 is 0. The van der Waals surface area contributed by atoms with Gasteiger partial charge in [0, 0.05) is 18.2 Å². The predicted molar refractivity (Wildman–Crippen MR) is 62.1 cm³/mol. The lowest BCUT2D eigenvalue weighted by molar-refractivity contribution is -0.156. The van der Waals surface area contributed by atoms with Gasteiger partial charge < -0.3 is 4.42 Å². The average Bonchev–Trinajstić information content (AvgIpc) is 2.64. The SMILES string of the molecule is O=C1NC(=O)C2(n3c(=O)oc4ccncc43)CC1C2. The first kappa shape index (κ1) is 10.5. The number of amides is 2. The molecule has 0 aromatic carbocycles. The fourth-order valence-corrected chi connectivity index (χ4v) is 3.01. The summed E-state index contributed by atoms with van der Waals surface area (Å²) in [5.74, 6) is -1.49. The minimum atomic E-state index is -0.996. The van der Waals surface area contributed by atoms with E-state index in [-0.39, 0.29) is 11.8 Å². The van der Waals surface area contributed by atoms with Crippen LogP contribution < -0.4 is 11.1 Å². The highest BCUT2D eigenvalue weighted by Crippen LogP contribution is 2.47. The molecule has 3 fully saturated rings. The minimum Gasteiger partial charge on any atom is -0.408 e. The normalized spacial score (nSPS) is 29.2. The molecular weight excluding hydrogens is 250 g/mol. The Bertz CT molecular complexity index is 782. The molecule has 2 aromatic rings. The first-order valence-corrected chi connectivity index (χ1v) is 5.93. The monoisotopic (exact) mass is 259 g/mol. The summed E-state index contributed by atoms with van der Waals surface area (Å²) in [5, 5.41) is 2.30. The topological polar surface area (TPSA) is 94.2 Å².